The van der Waals surface area contributed by atoms with Gasteiger partial charge in [0.05, 0.1) is 12.6 Å². The first-order valence-electron chi connectivity index (χ1n) is 8.68. The van der Waals surface area contributed by atoms with Crippen molar-refractivity contribution in [1.29, 1.82) is 0 Å². The van der Waals surface area contributed by atoms with E-state index >= 15 is 0 Å². The molecule has 5 nitrogen and oxygen atoms in total. The highest BCUT2D eigenvalue weighted by atomic mass is 16.5. The summed E-state index contributed by atoms with van der Waals surface area (Å²) in [7, 11) is 0. The molecule has 24 heavy (non-hydrogen) atoms. The van der Waals surface area contributed by atoms with Gasteiger partial charge in [-0.05, 0) is 49.7 Å². The molecule has 5 heteroatoms. The maximum atomic E-state index is 12.8. The van der Waals surface area contributed by atoms with E-state index in [9.17, 15) is 4.79 Å². The Labute approximate surface area is 143 Å². The van der Waals surface area contributed by atoms with Crippen LogP contribution in [0.4, 0.5) is 10.5 Å². The van der Waals surface area contributed by atoms with Crippen molar-refractivity contribution in [3.05, 3.63) is 48.3 Å². The highest BCUT2D eigenvalue weighted by Gasteiger charge is 2.30. The molecule has 2 amide bonds. The SMILES string of the molecule is CCC[C@H]1c2cccn2CCN1C(=O)Nc1ccc(OCC)cc1. The Hall–Kier alpha value is -2.43. The summed E-state index contributed by atoms with van der Waals surface area (Å²) in [6, 6.07) is 11.8. The molecular formula is C19H25N3O2. The lowest BCUT2D eigenvalue weighted by molar-refractivity contribution is 0.163. The monoisotopic (exact) mass is 327 g/mol. The summed E-state index contributed by atoms with van der Waals surface area (Å²) in [6.45, 7) is 6.33. The quantitative estimate of drug-likeness (QED) is 0.891. The fourth-order valence-electron chi connectivity index (χ4n) is 3.28. The van der Waals surface area contributed by atoms with Crippen molar-refractivity contribution in [3.63, 3.8) is 0 Å². The molecule has 0 radical (unpaired) electrons. The summed E-state index contributed by atoms with van der Waals surface area (Å²) in [5.41, 5.74) is 2.02. The number of aromatic nitrogens is 1. The highest BCUT2D eigenvalue weighted by molar-refractivity contribution is 5.89. The first-order chi connectivity index (χ1) is 11.7. The summed E-state index contributed by atoms with van der Waals surface area (Å²) in [5, 5.41) is 3.01. The van der Waals surface area contributed by atoms with Crippen LogP contribution < -0.4 is 10.1 Å². The fourth-order valence-corrected chi connectivity index (χ4v) is 3.28. The van der Waals surface area contributed by atoms with Gasteiger partial charge in [0.1, 0.15) is 5.75 Å². The number of hydrogen-bond donors (Lipinski definition) is 1. The maximum absolute atomic E-state index is 12.8. The van der Waals surface area contributed by atoms with Gasteiger partial charge in [0.25, 0.3) is 0 Å². The lowest BCUT2D eigenvalue weighted by Gasteiger charge is -2.37. The fraction of sp³-hybridized carbons (Fsp3) is 0.421. The minimum atomic E-state index is -0.0370. The van der Waals surface area contributed by atoms with Crippen LogP contribution in [0.25, 0.3) is 0 Å². The summed E-state index contributed by atoms with van der Waals surface area (Å²) in [4.78, 5) is 14.7. The van der Waals surface area contributed by atoms with Crippen molar-refractivity contribution in [2.75, 3.05) is 18.5 Å². The average molecular weight is 327 g/mol. The van der Waals surface area contributed by atoms with Gasteiger partial charge in [-0.3, -0.25) is 0 Å². The zero-order valence-corrected chi connectivity index (χ0v) is 14.4. The summed E-state index contributed by atoms with van der Waals surface area (Å²) < 4.78 is 7.69. The number of rotatable bonds is 5. The van der Waals surface area contributed by atoms with E-state index in [1.807, 2.05) is 36.1 Å². The van der Waals surface area contributed by atoms with Gasteiger partial charge in [-0.25, -0.2) is 4.79 Å². The Morgan fingerprint density at radius 2 is 2.00 bits per heavy atom. The highest BCUT2D eigenvalue weighted by Crippen LogP contribution is 2.30. The van der Waals surface area contributed by atoms with Gasteiger partial charge in [-0.1, -0.05) is 13.3 Å². The largest absolute Gasteiger partial charge is 0.494 e. The molecule has 0 aliphatic carbocycles. The minimum Gasteiger partial charge on any atom is -0.494 e. The smallest absolute Gasteiger partial charge is 0.322 e. The Balaban J connectivity index is 1.71. The summed E-state index contributed by atoms with van der Waals surface area (Å²) in [5.74, 6) is 0.815. The van der Waals surface area contributed by atoms with E-state index < -0.39 is 0 Å². The van der Waals surface area contributed by atoms with Crippen molar-refractivity contribution in [1.82, 2.24) is 9.47 Å². The van der Waals surface area contributed by atoms with Crippen molar-refractivity contribution in [2.45, 2.75) is 39.3 Å². The molecule has 1 aromatic carbocycles. The van der Waals surface area contributed by atoms with Gasteiger partial charge in [0.15, 0.2) is 0 Å². The summed E-state index contributed by atoms with van der Waals surface area (Å²) in [6.07, 6.45) is 4.11. The first-order valence-corrected chi connectivity index (χ1v) is 8.68. The predicted molar refractivity (Wildman–Crippen MR) is 95.4 cm³/mol. The van der Waals surface area contributed by atoms with Crippen molar-refractivity contribution in [2.24, 2.45) is 0 Å². The lowest BCUT2D eigenvalue weighted by Crippen LogP contribution is -2.44. The van der Waals surface area contributed by atoms with E-state index in [2.05, 4.69) is 35.1 Å². The standard InChI is InChI=1S/C19H25N3O2/c1-3-6-18-17-7-5-12-21(17)13-14-22(18)19(23)20-15-8-10-16(11-9-15)24-4-2/h5,7-12,18H,3-4,6,13-14H2,1-2H3,(H,20,23)/t18-/m0/s1. The molecule has 1 aliphatic heterocycles. The number of hydrogen-bond acceptors (Lipinski definition) is 2. The number of ether oxygens (including phenoxy) is 1. The Bertz CT molecular complexity index is 678. The Kier molecular flexibility index (Phi) is 5.08. The molecule has 0 unspecified atom stereocenters. The zero-order chi connectivity index (χ0) is 16.9. The lowest BCUT2D eigenvalue weighted by atomic mass is 10.0. The third-order valence-electron chi connectivity index (χ3n) is 4.40. The molecule has 0 saturated carbocycles. The van der Waals surface area contributed by atoms with Crippen molar-refractivity contribution < 1.29 is 9.53 Å². The molecule has 2 heterocycles. The van der Waals surface area contributed by atoms with Gasteiger partial charge in [0, 0.05) is 30.7 Å². The van der Waals surface area contributed by atoms with E-state index in [-0.39, 0.29) is 12.1 Å². The normalized spacial score (nSPS) is 16.6. The molecule has 1 aromatic heterocycles. The number of benzene rings is 1. The van der Waals surface area contributed by atoms with Crippen LogP contribution in [0.5, 0.6) is 5.75 Å². The van der Waals surface area contributed by atoms with Crippen LogP contribution in [0.3, 0.4) is 0 Å². The second-order valence-corrected chi connectivity index (χ2v) is 6.01. The topological polar surface area (TPSA) is 46.5 Å². The van der Waals surface area contributed by atoms with E-state index in [0.29, 0.717) is 6.61 Å². The number of carbonyl (C=O) groups excluding carboxylic acids is 1. The average Bonchev–Trinajstić information content (AvgIpc) is 3.06. The van der Waals surface area contributed by atoms with Crippen LogP contribution >= 0.6 is 0 Å². The van der Waals surface area contributed by atoms with Crippen LogP contribution in [-0.4, -0.2) is 28.6 Å². The maximum Gasteiger partial charge on any atom is 0.322 e. The number of carbonyl (C=O) groups is 1. The number of anilines is 1. The van der Waals surface area contributed by atoms with Gasteiger partial charge < -0.3 is 19.5 Å². The number of fused-ring (bicyclic) bond motifs is 1. The summed E-state index contributed by atoms with van der Waals surface area (Å²) >= 11 is 0. The third-order valence-corrected chi connectivity index (χ3v) is 4.40. The van der Waals surface area contributed by atoms with E-state index in [1.54, 1.807) is 0 Å². The molecule has 0 spiro atoms. The van der Waals surface area contributed by atoms with Gasteiger partial charge in [0.2, 0.25) is 0 Å². The van der Waals surface area contributed by atoms with E-state index in [1.165, 1.54) is 5.69 Å². The molecule has 0 fully saturated rings. The molecule has 1 atom stereocenters. The zero-order valence-electron chi connectivity index (χ0n) is 14.4. The Morgan fingerprint density at radius 3 is 2.71 bits per heavy atom. The Morgan fingerprint density at radius 1 is 1.21 bits per heavy atom. The molecule has 3 rings (SSSR count). The van der Waals surface area contributed by atoms with Gasteiger partial charge >= 0.3 is 6.03 Å². The predicted octanol–water partition coefficient (Wildman–Crippen LogP) is 4.28. The van der Waals surface area contributed by atoms with Gasteiger partial charge in [-0.2, -0.15) is 0 Å². The number of amides is 2. The molecule has 1 N–H and O–H groups in total. The first kappa shape index (κ1) is 16.4. The number of urea groups is 1. The van der Waals surface area contributed by atoms with Crippen LogP contribution in [0.2, 0.25) is 0 Å². The van der Waals surface area contributed by atoms with Crippen LogP contribution in [0.15, 0.2) is 42.6 Å². The number of nitrogens with one attached hydrogen (secondary N) is 1. The molecular weight excluding hydrogens is 302 g/mol. The van der Waals surface area contributed by atoms with E-state index in [4.69, 9.17) is 4.74 Å². The van der Waals surface area contributed by atoms with Crippen LogP contribution in [-0.2, 0) is 6.54 Å². The minimum absolute atomic E-state index is 0.0370. The van der Waals surface area contributed by atoms with Crippen LogP contribution in [0, 0.1) is 0 Å². The second-order valence-electron chi connectivity index (χ2n) is 6.01. The molecule has 128 valence electrons. The third kappa shape index (κ3) is 3.40. The molecule has 0 saturated heterocycles. The molecule has 2 aromatic rings. The van der Waals surface area contributed by atoms with Crippen molar-refractivity contribution in [3.8, 4) is 5.75 Å². The van der Waals surface area contributed by atoms with Gasteiger partial charge in [-0.15, -0.1) is 0 Å². The molecule has 1 aliphatic rings. The van der Waals surface area contributed by atoms with Crippen LogP contribution in [0.1, 0.15) is 38.4 Å². The number of nitrogens with zero attached hydrogens (tertiary/aromatic N) is 2. The van der Waals surface area contributed by atoms with Crippen molar-refractivity contribution >= 4 is 11.7 Å². The molecule has 0 bridgehead atoms. The second kappa shape index (κ2) is 7.43. The van der Waals surface area contributed by atoms with E-state index in [0.717, 1.165) is 37.4 Å².